The number of aryl methyl sites for hydroxylation is 1. The molecule has 2 heterocycles. The Balaban J connectivity index is 1.45. The number of hydrogen-bond acceptors (Lipinski definition) is 5. The molecule has 0 spiro atoms. The molecule has 0 radical (unpaired) electrons. The number of anilines is 1. The first kappa shape index (κ1) is 22.8. The quantitative estimate of drug-likeness (QED) is 0.761. The van der Waals surface area contributed by atoms with Crippen LogP contribution in [0.1, 0.15) is 32.9 Å². The van der Waals surface area contributed by atoms with E-state index in [-0.39, 0.29) is 18.2 Å². The van der Waals surface area contributed by atoms with Crippen LogP contribution in [0.2, 0.25) is 0 Å². The van der Waals surface area contributed by atoms with Gasteiger partial charge in [0.05, 0.1) is 11.2 Å². The van der Waals surface area contributed by atoms with Gasteiger partial charge < -0.3 is 20.3 Å². The van der Waals surface area contributed by atoms with Crippen molar-refractivity contribution >= 4 is 28.7 Å². The number of likely N-dealkylation sites (N-methyl/N-ethyl adjacent to an activating group) is 1. The molecule has 31 heavy (non-hydrogen) atoms. The number of benzene rings is 1. The number of rotatable bonds is 5. The molecule has 3 amide bonds. The third-order valence-electron chi connectivity index (χ3n) is 5.28. The maximum absolute atomic E-state index is 12.4. The Hall–Kier alpha value is -2.87. The minimum Gasteiger partial charge on any atom is -0.444 e. The van der Waals surface area contributed by atoms with E-state index in [0.29, 0.717) is 6.54 Å². The second kappa shape index (κ2) is 9.51. The molecule has 1 aliphatic rings. The van der Waals surface area contributed by atoms with Crippen molar-refractivity contribution in [3.05, 3.63) is 36.0 Å². The number of ether oxygens (including phenoxy) is 1. The Morgan fingerprint density at radius 3 is 2.77 bits per heavy atom. The normalized spacial score (nSPS) is 16.9. The molecule has 168 valence electrons. The van der Waals surface area contributed by atoms with E-state index in [4.69, 9.17) is 4.74 Å². The monoisotopic (exact) mass is 427 g/mol. The Morgan fingerprint density at radius 2 is 2.03 bits per heavy atom. The average molecular weight is 428 g/mol. The molecule has 1 fully saturated rings. The Labute approximate surface area is 183 Å². The molecule has 0 bridgehead atoms. The highest BCUT2D eigenvalue weighted by Crippen LogP contribution is 2.22. The second-order valence-electron chi connectivity index (χ2n) is 9.04. The second-order valence-corrected chi connectivity index (χ2v) is 9.04. The smallest absolute Gasteiger partial charge is 0.410 e. The number of urea groups is 1. The van der Waals surface area contributed by atoms with Crippen LogP contribution < -0.4 is 10.6 Å². The van der Waals surface area contributed by atoms with E-state index >= 15 is 0 Å². The van der Waals surface area contributed by atoms with Crippen molar-refractivity contribution in [3.8, 4) is 0 Å². The number of para-hydroxylation sites is 1. The zero-order valence-corrected chi connectivity index (χ0v) is 19.1. The van der Waals surface area contributed by atoms with Gasteiger partial charge in [0.15, 0.2) is 0 Å². The number of carbonyl (C=O) groups is 2. The lowest BCUT2D eigenvalue weighted by atomic mass is 10.1. The fourth-order valence-electron chi connectivity index (χ4n) is 3.72. The standard InChI is InChI=1S/C23H33N5O3/c1-16-14-20(18-8-6-7-9-19(18)25-16)26-21(29)24-11-13-28-12-10-17(15-28)27(5)22(30)31-23(2,3)4/h6-9,14,17H,10-13,15H2,1-5H3,(H2,24,25,26,29). The third-order valence-corrected chi connectivity index (χ3v) is 5.28. The summed E-state index contributed by atoms with van der Waals surface area (Å²) in [5.74, 6) is 0. The molecule has 2 N–H and O–H groups in total. The summed E-state index contributed by atoms with van der Waals surface area (Å²) in [6.45, 7) is 10.4. The molecule has 1 atom stereocenters. The predicted octanol–water partition coefficient (Wildman–Crippen LogP) is 3.61. The van der Waals surface area contributed by atoms with E-state index in [9.17, 15) is 9.59 Å². The highest BCUT2D eigenvalue weighted by atomic mass is 16.6. The minimum atomic E-state index is -0.500. The molecule has 1 saturated heterocycles. The van der Waals surface area contributed by atoms with Crippen LogP contribution in [0.25, 0.3) is 10.9 Å². The molecule has 3 rings (SSSR count). The van der Waals surface area contributed by atoms with Crippen LogP contribution in [0.3, 0.4) is 0 Å². The van der Waals surface area contributed by atoms with Crippen LogP contribution in [-0.2, 0) is 4.74 Å². The number of fused-ring (bicyclic) bond motifs is 1. The van der Waals surface area contributed by atoms with Crippen LogP contribution in [0.4, 0.5) is 15.3 Å². The lowest BCUT2D eigenvalue weighted by Crippen LogP contribution is -2.43. The first-order valence-electron chi connectivity index (χ1n) is 10.7. The molecule has 1 aliphatic heterocycles. The van der Waals surface area contributed by atoms with Crippen molar-refractivity contribution in [1.29, 1.82) is 0 Å². The van der Waals surface area contributed by atoms with Gasteiger partial charge in [-0.25, -0.2) is 9.59 Å². The van der Waals surface area contributed by atoms with Gasteiger partial charge in [0.1, 0.15) is 5.60 Å². The van der Waals surface area contributed by atoms with Crippen LogP contribution in [-0.4, -0.2) is 71.8 Å². The van der Waals surface area contributed by atoms with Gasteiger partial charge in [-0.3, -0.25) is 9.88 Å². The molecule has 8 heteroatoms. The SMILES string of the molecule is Cc1cc(NC(=O)NCCN2CCC(N(C)C(=O)OC(C)(C)C)C2)c2ccccc2n1. The van der Waals surface area contributed by atoms with Crippen LogP contribution in [0.5, 0.6) is 0 Å². The summed E-state index contributed by atoms with van der Waals surface area (Å²) in [6, 6.07) is 9.50. The summed E-state index contributed by atoms with van der Waals surface area (Å²) in [6.07, 6.45) is 0.598. The zero-order chi connectivity index (χ0) is 22.6. The number of likely N-dealkylation sites (tertiary alicyclic amines) is 1. The Morgan fingerprint density at radius 1 is 1.29 bits per heavy atom. The first-order valence-corrected chi connectivity index (χ1v) is 10.7. The van der Waals surface area contributed by atoms with Crippen molar-refractivity contribution in [1.82, 2.24) is 20.1 Å². The summed E-state index contributed by atoms with van der Waals surface area (Å²) in [5.41, 5.74) is 1.96. The van der Waals surface area contributed by atoms with Gasteiger partial charge in [0.25, 0.3) is 0 Å². The fraction of sp³-hybridized carbons (Fsp3) is 0.522. The van der Waals surface area contributed by atoms with E-state index in [1.54, 1.807) is 11.9 Å². The molecule has 1 unspecified atom stereocenters. The number of nitrogens with zero attached hydrogens (tertiary/aromatic N) is 3. The third kappa shape index (κ3) is 6.30. The van der Waals surface area contributed by atoms with Gasteiger partial charge in [-0.1, -0.05) is 18.2 Å². The number of amides is 3. The minimum absolute atomic E-state index is 0.120. The van der Waals surface area contributed by atoms with E-state index < -0.39 is 5.60 Å². The van der Waals surface area contributed by atoms with Gasteiger partial charge in [-0.15, -0.1) is 0 Å². The van der Waals surface area contributed by atoms with Gasteiger partial charge >= 0.3 is 12.1 Å². The van der Waals surface area contributed by atoms with Crippen molar-refractivity contribution < 1.29 is 14.3 Å². The van der Waals surface area contributed by atoms with Crippen molar-refractivity contribution in [2.75, 3.05) is 38.5 Å². The van der Waals surface area contributed by atoms with Crippen molar-refractivity contribution in [3.63, 3.8) is 0 Å². The molecule has 0 saturated carbocycles. The van der Waals surface area contributed by atoms with E-state index in [2.05, 4.69) is 20.5 Å². The highest BCUT2D eigenvalue weighted by Gasteiger charge is 2.30. The van der Waals surface area contributed by atoms with Crippen LogP contribution in [0.15, 0.2) is 30.3 Å². The number of nitrogens with one attached hydrogen (secondary N) is 2. The molecular weight excluding hydrogens is 394 g/mol. The first-order chi connectivity index (χ1) is 14.6. The maximum atomic E-state index is 12.4. The summed E-state index contributed by atoms with van der Waals surface area (Å²) in [4.78, 5) is 33.1. The summed E-state index contributed by atoms with van der Waals surface area (Å²) >= 11 is 0. The number of pyridine rings is 1. The molecule has 1 aromatic carbocycles. The summed E-state index contributed by atoms with van der Waals surface area (Å²) in [7, 11) is 1.79. The lowest BCUT2D eigenvalue weighted by Gasteiger charge is -2.28. The predicted molar refractivity (Wildman–Crippen MR) is 122 cm³/mol. The van der Waals surface area contributed by atoms with Crippen molar-refractivity contribution in [2.45, 2.75) is 45.8 Å². The van der Waals surface area contributed by atoms with E-state index in [0.717, 1.165) is 48.3 Å². The molecule has 2 aromatic rings. The Kier molecular flexibility index (Phi) is 7.00. The van der Waals surface area contributed by atoms with Crippen LogP contribution >= 0.6 is 0 Å². The van der Waals surface area contributed by atoms with E-state index in [1.165, 1.54) is 0 Å². The Bertz CT molecular complexity index is 940. The van der Waals surface area contributed by atoms with Gasteiger partial charge in [-0.2, -0.15) is 0 Å². The largest absolute Gasteiger partial charge is 0.444 e. The zero-order valence-electron chi connectivity index (χ0n) is 19.1. The van der Waals surface area contributed by atoms with Crippen molar-refractivity contribution in [2.24, 2.45) is 0 Å². The van der Waals surface area contributed by atoms with E-state index in [1.807, 2.05) is 58.0 Å². The average Bonchev–Trinajstić information content (AvgIpc) is 3.14. The fourth-order valence-corrected chi connectivity index (χ4v) is 3.72. The number of hydrogen-bond donors (Lipinski definition) is 2. The number of carbonyl (C=O) groups excluding carboxylic acids is 2. The highest BCUT2D eigenvalue weighted by molar-refractivity contribution is 6.00. The van der Waals surface area contributed by atoms with Gasteiger partial charge in [0.2, 0.25) is 0 Å². The van der Waals surface area contributed by atoms with Gasteiger partial charge in [-0.05, 0) is 46.2 Å². The molecule has 1 aromatic heterocycles. The molecule has 8 nitrogen and oxygen atoms in total. The maximum Gasteiger partial charge on any atom is 0.410 e. The molecular formula is C23H33N5O3. The lowest BCUT2D eigenvalue weighted by molar-refractivity contribution is 0.0229. The van der Waals surface area contributed by atoms with Gasteiger partial charge in [0, 0.05) is 50.3 Å². The topological polar surface area (TPSA) is 86.8 Å². The summed E-state index contributed by atoms with van der Waals surface area (Å²) in [5, 5.41) is 6.77. The number of aromatic nitrogens is 1. The molecule has 0 aliphatic carbocycles. The van der Waals surface area contributed by atoms with Crippen LogP contribution in [0, 0.1) is 6.92 Å². The summed E-state index contributed by atoms with van der Waals surface area (Å²) < 4.78 is 5.45.